The van der Waals surface area contributed by atoms with Crippen LogP contribution in [0, 0.1) is 0 Å². The van der Waals surface area contributed by atoms with E-state index in [9.17, 15) is 5.11 Å². The van der Waals surface area contributed by atoms with Crippen molar-refractivity contribution in [2.75, 3.05) is 6.61 Å². The van der Waals surface area contributed by atoms with Crippen molar-refractivity contribution in [3.63, 3.8) is 0 Å². The van der Waals surface area contributed by atoms with Crippen LogP contribution in [0.25, 0.3) is 0 Å². The monoisotopic (exact) mass is 176 g/mol. The van der Waals surface area contributed by atoms with Crippen molar-refractivity contribution in [1.82, 2.24) is 0 Å². The Bertz CT molecular complexity index is 95.8. The van der Waals surface area contributed by atoms with Crippen LogP contribution in [0.1, 0.15) is 39.0 Å². The molecule has 0 radical (unpaired) electrons. The SMILES string of the molecule is CCCCCCC(O)C(O)CO. The zero-order valence-electron chi connectivity index (χ0n) is 7.74. The van der Waals surface area contributed by atoms with Gasteiger partial charge in [0.15, 0.2) is 0 Å². The van der Waals surface area contributed by atoms with Gasteiger partial charge in [-0.05, 0) is 6.42 Å². The van der Waals surface area contributed by atoms with E-state index in [0.29, 0.717) is 6.42 Å². The number of unbranched alkanes of at least 4 members (excludes halogenated alkanes) is 3. The van der Waals surface area contributed by atoms with Crippen LogP contribution in [-0.2, 0) is 0 Å². The molecule has 0 spiro atoms. The Morgan fingerprint density at radius 3 is 2.17 bits per heavy atom. The fourth-order valence-corrected chi connectivity index (χ4v) is 1.09. The normalized spacial score (nSPS) is 16.0. The maximum Gasteiger partial charge on any atom is 0.103 e. The van der Waals surface area contributed by atoms with Crippen LogP contribution in [0.5, 0.6) is 0 Å². The molecule has 12 heavy (non-hydrogen) atoms. The van der Waals surface area contributed by atoms with Gasteiger partial charge in [0, 0.05) is 0 Å². The zero-order chi connectivity index (χ0) is 9.40. The highest BCUT2D eigenvalue weighted by atomic mass is 16.4. The van der Waals surface area contributed by atoms with Gasteiger partial charge in [0.05, 0.1) is 12.7 Å². The Morgan fingerprint density at radius 1 is 1.00 bits per heavy atom. The lowest BCUT2D eigenvalue weighted by Crippen LogP contribution is -2.28. The third kappa shape index (κ3) is 5.52. The average Bonchev–Trinajstić information content (AvgIpc) is 2.10. The summed E-state index contributed by atoms with van der Waals surface area (Å²) in [6, 6.07) is 0. The molecule has 0 fully saturated rings. The summed E-state index contributed by atoms with van der Waals surface area (Å²) in [4.78, 5) is 0. The third-order valence-corrected chi connectivity index (χ3v) is 1.98. The third-order valence-electron chi connectivity index (χ3n) is 1.98. The molecule has 0 heterocycles. The Morgan fingerprint density at radius 2 is 1.67 bits per heavy atom. The van der Waals surface area contributed by atoms with Crippen LogP contribution >= 0.6 is 0 Å². The minimum atomic E-state index is -0.966. The standard InChI is InChI=1S/C9H20O3/c1-2-3-4-5-6-8(11)9(12)7-10/h8-12H,2-7H2,1H3. The summed E-state index contributed by atoms with van der Waals surface area (Å²) in [5, 5.41) is 26.7. The molecule has 0 bridgehead atoms. The molecule has 3 N–H and O–H groups in total. The van der Waals surface area contributed by atoms with E-state index in [4.69, 9.17) is 10.2 Å². The predicted molar refractivity (Wildman–Crippen MR) is 47.9 cm³/mol. The van der Waals surface area contributed by atoms with Gasteiger partial charge in [-0.25, -0.2) is 0 Å². The molecule has 3 heteroatoms. The Balaban J connectivity index is 3.24. The van der Waals surface area contributed by atoms with Crippen molar-refractivity contribution in [1.29, 1.82) is 0 Å². The minimum absolute atomic E-state index is 0.352. The van der Waals surface area contributed by atoms with Gasteiger partial charge in [0.1, 0.15) is 6.10 Å². The molecule has 0 aliphatic rings. The van der Waals surface area contributed by atoms with Gasteiger partial charge in [0.2, 0.25) is 0 Å². The van der Waals surface area contributed by atoms with Crippen LogP contribution < -0.4 is 0 Å². The second-order valence-corrected chi connectivity index (χ2v) is 3.17. The predicted octanol–water partition coefficient (Wildman–Crippen LogP) is 0.671. The second-order valence-electron chi connectivity index (χ2n) is 3.17. The van der Waals surface area contributed by atoms with Crippen molar-refractivity contribution >= 4 is 0 Å². The lowest BCUT2D eigenvalue weighted by Gasteiger charge is -2.14. The smallest absolute Gasteiger partial charge is 0.103 e. The Labute approximate surface area is 74.0 Å². The van der Waals surface area contributed by atoms with Crippen LogP contribution in [0.3, 0.4) is 0 Å². The number of hydrogen-bond donors (Lipinski definition) is 3. The van der Waals surface area contributed by atoms with Crippen LogP contribution in [-0.4, -0.2) is 34.1 Å². The summed E-state index contributed by atoms with van der Waals surface area (Å²) >= 11 is 0. The molecule has 0 saturated carbocycles. The maximum atomic E-state index is 9.21. The van der Waals surface area contributed by atoms with Gasteiger partial charge < -0.3 is 15.3 Å². The largest absolute Gasteiger partial charge is 0.394 e. The first-order valence-electron chi connectivity index (χ1n) is 4.69. The van der Waals surface area contributed by atoms with Gasteiger partial charge >= 0.3 is 0 Å². The van der Waals surface area contributed by atoms with Crippen molar-refractivity contribution < 1.29 is 15.3 Å². The summed E-state index contributed by atoms with van der Waals surface area (Å²) in [6.07, 6.45) is 3.21. The summed E-state index contributed by atoms with van der Waals surface area (Å²) < 4.78 is 0. The van der Waals surface area contributed by atoms with Crippen molar-refractivity contribution in [2.24, 2.45) is 0 Å². The van der Waals surface area contributed by atoms with Gasteiger partial charge in [-0.2, -0.15) is 0 Å². The molecule has 0 aromatic heterocycles. The maximum absolute atomic E-state index is 9.21. The van der Waals surface area contributed by atoms with E-state index >= 15 is 0 Å². The van der Waals surface area contributed by atoms with E-state index in [1.54, 1.807) is 0 Å². The molecule has 2 atom stereocenters. The topological polar surface area (TPSA) is 60.7 Å². The zero-order valence-corrected chi connectivity index (χ0v) is 7.74. The summed E-state index contributed by atoms with van der Waals surface area (Å²) in [5.74, 6) is 0. The van der Waals surface area contributed by atoms with Gasteiger partial charge in [0.25, 0.3) is 0 Å². The lowest BCUT2D eigenvalue weighted by molar-refractivity contribution is -0.0185. The first-order valence-corrected chi connectivity index (χ1v) is 4.69. The molecule has 0 amide bonds. The van der Waals surface area contributed by atoms with E-state index in [0.717, 1.165) is 12.8 Å². The van der Waals surface area contributed by atoms with Gasteiger partial charge in [-0.1, -0.05) is 32.6 Å². The molecule has 3 nitrogen and oxygen atoms in total. The van der Waals surface area contributed by atoms with Gasteiger partial charge in [-0.15, -0.1) is 0 Å². The van der Waals surface area contributed by atoms with Crippen molar-refractivity contribution in [2.45, 2.75) is 51.2 Å². The highest BCUT2D eigenvalue weighted by Crippen LogP contribution is 2.07. The molecule has 2 unspecified atom stereocenters. The van der Waals surface area contributed by atoms with Gasteiger partial charge in [-0.3, -0.25) is 0 Å². The van der Waals surface area contributed by atoms with E-state index in [-0.39, 0.29) is 6.61 Å². The summed E-state index contributed by atoms with van der Waals surface area (Å²) in [7, 11) is 0. The minimum Gasteiger partial charge on any atom is -0.394 e. The highest BCUT2D eigenvalue weighted by Gasteiger charge is 2.13. The lowest BCUT2D eigenvalue weighted by atomic mass is 10.1. The quantitative estimate of drug-likeness (QED) is 0.500. The molecule has 74 valence electrons. The Hall–Kier alpha value is -0.120. The van der Waals surface area contributed by atoms with Crippen molar-refractivity contribution in [3.8, 4) is 0 Å². The molecule has 0 aliphatic heterocycles. The van der Waals surface area contributed by atoms with Crippen LogP contribution in [0.4, 0.5) is 0 Å². The fourth-order valence-electron chi connectivity index (χ4n) is 1.09. The molecule has 0 aromatic rings. The van der Waals surface area contributed by atoms with E-state index < -0.39 is 12.2 Å². The molecule has 0 aromatic carbocycles. The molecular weight excluding hydrogens is 156 g/mol. The number of aliphatic hydroxyl groups is 3. The summed E-state index contributed by atoms with van der Waals surface area (Å²) in [6.45, 7) is 1.77. The fraction of sp³-hybridized carbons (Fsp3) is 1.00. The first kappa shape index (κ1) is 11.9. The molecule has 0 saturated heterocycles. The highest BCUT2D eigenvalue weighted by molar-refractivity contribution is 4.65. The van der Waals surface area contributed by atoms with Crippen LogP contribution in [0.2, 0.25) is 0 Å². The molecule has 0 aliphatic carbocycles. The van der Waals surface area contributed by atoms with Crippen molar-refractivity contribution in [3.05, 3.63) is 0 Å². The van der Waals surface area contributed by atoms with E-state index in [1.165, 1.54) is 12.8 Å². The Kier molecular flexibility index (Phi) is 7.45. The average molecular weight is 176 g/mol. The number of hydrogen-bond acceptors (Lipinski definition) is 3. The molecular formula is C9H20O3. The first-order chi connectivity index (χ1) is 5.72. The number of aliphatic hydroxyl groups excluding tert-OH is 3. The molecule has 0 rings (SSSR count). The van der Waals surface area contributed by atoms with Crippen LogP contribution in [0.15, 0.2) is 0 Å². The van der Waals surface area contributed by atoms with E-state index in [1.807, 2.05) is 0 Å². The summed E-state index contributed by atoms with van der Waals surface area (Å²) in [5.41, 5.74) is 0. The second kappa shape index (κ2) is 7.53. The van der Waals surface area contributed by atoms with E-state index in [2.05, 4.69) is 6.92 Å². The number of rotatable bonds is 7.